The van der Waals surface area contributed by atoms with E-state index in [-0.39, 0.29) is 27.5 Å². The molecule has 0 bridgehead atoms. The molecule has 2 aromatic rings. The van der Waals surface area contributed by atoms with Crippen LogP contribution < -0.4 is 9.46 Å². The molecule has 0 atom stereocenters. The number of benzene rings is 1. The van der Waals surface area contributed by atoms with Gasteiger partial charge in [0.05, 0.1) is 23.9 Å². The fraction of sp³-hybridized carbons (Fsp3) is 0.0714. The molecule has 2 N–H and O–H groups in total. The Bertz CT molecular complexity index is 903. The Morgan fingerprint density at radius 3 is 2.70 bits per heavy atom. The third-order valence-electron chi connectivity index (χ3n) is 2.85. The van der Waals surface area contributed by atoms with Crippen LogP contribution >= 0.6 is 0 Å². The number of nitrogens with one attached hydrogen (secondary N) is 1. The molecule has 1 aromatic heterocycles. The molecule has 0 aliphatic carbocycles. The number of methoxy groups -OCH3 is 1. The van der Waals surface area contributed by atoms with Crippen molar-refractivity contribution in [2.75, 3.05) is 11.8 Å². The van der Waals surface area contributed by atoms with Gasteiger partial charge in [-0.1, -0.05) is 0 Å². The average Bonchev–Trinajstić information content (AvgIpc) is 2.54. The van der Waals surface area contributed by atoms with Gasteiger partial charge in [0.2, 0.25) is 0 Å². The van der Waals surface area contributed by atoms with Crippen LogP contribution in [0.15, 0.2) is 41.6 Å². The largest absolute Gasteiger partial charge is 0.497 e. The zero-order chi connectivity index (χ0) is 17.0. The number of ether oxygens (including phenoxy) is 1. The molecule has 0 amide bonds. The second kappa shape index (κ2) is 6.33. The second-order valence-electron chi connectivity index (χ2n) is 4.34. The molecule has 0 aliphatic rings. The summed E-state index contributed by atoms with van der Waals surface area (Å²) in [6.45, 7) is 0. The summed E-state index contributed by atoms with van der Waals surface area (Å²) in [5.74, 6) is -1.01. The van der Waals surface area contributed by atoms with Gasteiger partial charge < -0.3 is 9.84 Å². The van der Waals surface area contributed by atoms with E-state index in [2.05, 4.69) is 9.71 Å². The lowest BCUT2D eigenvalue weighted by atomic mass is 10.2. The van der Waals surface area contributed by atoms with Gasteiger partial charge >= 0.3 is 5.97 Å². The molecule has 118 valence electrons. The topological polar surface area (TPSA) is 129 Å². The summed E-state index contributed by atoms with van der Waals surface area (Å²) in [7, 11) is -2.74. The average molecular weight is 333 g/mol. The lowest BCUT2D eigenvalue weighted by Gasteiger charge is -2.12. The molecular weight excluding hydrogens is 322 g/mol. The number of anilines is 1. The summed E-state index contributed by atoms with van der Waals surface area (Å²) in [4.78, 5) is 14.6. The maximum atomic E-state index is 12.3. The van der Waals surface area contributed by atoms with Crippen molar-refractivity contribution in [1.82, 2.24) is 4.98 Å². The number of hydrogen-bond donors (Lipinski definition) is 2. The molecule has 1 aromatic carbocycles. The van der Waals surface area contributed by atoms with Crippen molar-refractivity contribution in [3.8, 4) is 11.8 Å². The Kier molecular flexibility index (Phi) is 4.47. The SMILES string of the molecule is COc1ccc(C(=O)O)c(NS(=O)(=O)c2cncc(C#N)c2)c1. The number of carbonyl (C=O) groups is 1. The van der Waals surface area contributed by atoms with Gasteiger partial charge in [0.15, 0.2) is 0 Å². The minimum atomic E-state index is -4.11. The van der Waals surface area contributed by atoms with Gasteiger partial charge in [-0.2, -0.15) is 5.26 Å². The Morgan fingerprint density at radius 1 is 1.35 bits per heavy atom. The minimum Gasteiger partial charge on any atom is -0.497 e. The first kappa shape index (κ1) is 16.3. The maximum absolute atomic E-state index is 12.3. The van der Waals surface area contributed by atoms with Crippen molar-refractivity contribution in [2.45, 2.75) is 4.90 Å². The van der Waals surface area contributed by atoms with Gasteiger partial charge in [0.1, 0.15) is 16.7 Å². The number of pyridine rings is 1. The highest BCUT2D eigenvalue weighted by Gasteiger charge is 2.20. The molecule has 0 radical (unpaired) electrons. The van der Waals surface area contributed by atoms with Gasteiger partial charge in [-0.25, -0.2) is 13.2 Å². The van der Waals surface area contributed by atoms with Crippen LogP contribution in [0.1, 0.15) is 15.9 Å². The lowest BCUT2D eigenvalue weighted by molar-refractivity contribution is 0.0698. The molecule has 0 saturated heterocycles. The zero-order valence-electron chi connectivity index (χ0n) is 11.8. The Hall–Kier alpha value is -3.12. The molecule has 2 rings (SSSR count). The number of carboxylic acid groups (broad SMARTS) is 1. The number of aromatic nitrogens is 1. The van der Waals surface area contributed by atoms with Crippen LogP contribution in [0, 0.1) is 11.3 Å². The van der Waals surface area contributed by atoms with Crippen LogP contribution in [0.2, 0.25) is 0 Å². The number of sulfonamides is 1. The highest BCUT2D eigenvalue weighted by Crippen LogP contribution is 2.25. The van der Waals surface area contributed by atoms with E-state index in [1.54, 1.807) is 6.07 Å². The van der Waals surface area contributed by atoms with E-state index in [4.69, 9.17) is 15.1 Å². The van der Waals surface area contributed by atoms with Crippen molar-refractivity contribution in [1.29, 1.82) is 5.26 Å². The van der Waals surface area contributed by atoms with Gasteiger partial charge in [-0.3, -0.25) is 9.71 Å². The molecule has 8 nitrogen and oxygen atoms in total. The van der Waals surface area contributed by atoms with E-state index >= 15 is 0 Å². The Labute approximate surface area is 132 Å². The molecular formula is C14H11N3O5S. The van der Waals surface area contributed by atoms with Gasteiger partial charge in [0, 0.05) is 18.5 Å². The summed E-state index contributed by atoms with van der Waals surface area (Å²) in [5, 5.41) is 18.0. The van der Waals surface area contributed by atoms with E-state index in [1.807, 2.05) is 0 Å². The molecule has 0 saturated carbocycles. The van der Waals surface area contributed by atoms with Crippen molar-refractivity contribution < 1.29 is 23.1 Å². The normalized spacial score (nSPS) is 10.6. The monoisotopic (exact) mass is 333 g/mol. The highest BCUT2D eigenvalue weighted by molar-refractivity contribution is 7.92. The molecule has 0 unspecified atom stereocenters. The van der Waals surface area contributed by atoms with E-state index in [9.17, 15) is 13.2 Å². The maximum Gasteiger partial charge on any atom is 0.337 e. The number of aromatic carboxylic acids is 1. The first-order chi connectivity index (χ1) is 10.9. The Morgan fingerprint density at radius 2 is 2.09 bits per heavy atom. The quantitative estimate of drug-likeness (QED) is 0.847. The van der Waals surface area contributed by atoms with Crippen LogP contribution in [-0.4, -0.2) is 31.6 Å². The fourth-order valence-corrected chi connectivity index (χ4v) is 2.81. The van der Waals surface area contributed by atoms with Crippen LogP contribution in [0.5, 0.6) is 5.75 Å². The van der Waals surface area contributed by atoms with Crippen LogP contribution in [0.4, 0.5) is 5.69 Å². The number of nitrogens with zero attached hydrogens (tertiary/aromatic N) is 2. The van der Waals surface area contributed by atoms with Crippen molar-refractivity contribution in [3.05, 3.63) is 47.8 Å². The number of hydrogen-bond acceptors (Lipinski definition) is 6. The molecule has 0 spiro atoms. The van der Waals surface area contributed by atoms with E-state index in [1.165, 1.54) is 31.5 Å². The molecule has 23 heavy (non-hydrogen) atoms. The molecule has 0 fully saturated rings. The first-order valence-corrected chi connectivity index (χ1v) is 7.65. The van der Waals surface area contributed by atoms with E-state index in [0.29, 0.717) is 0 Å². The number of nitriles is 1. The van der Waals surface area contributed by atoms with Gasteiger partial charge in [0.25, 0.3) is 10.0 Å². The van der Waals surface area contributed by atoms with Gasteiger partial charge in [-0.15, -0.1) is 0 Å². The standard InChI is InChI=1S/C14H11N3O5S/c1-22-10-2-3-12(14(18)19)13(5-10)17-23(20,21)11-4-9(6-15)7-16-8-11/h2-5,7-8,17H,1H3,(H,18,19). The summed E-state index contributed by atoms with van der Waals surface area (Å²) < 4.78 is 31.8. The van der Waals surface area contributed by atoms with Crippen LogP contribution in [-0.2, 0) is 10.0 Å². The number of rotatable bonds is 5. The predicted octanol–water partition coefficient (Wildman–Crippen LogP) is 1.46. The summed E-state index contributed by atoms with van der Waals surface area (Å²) in [5.41, 5.74) is -0.324. The summed E-state index contributed by atoms with van der Waals surface area (Å²) >= 11 is 0. The van der Waals surface area contributed by atoms with Crippen molar-refractivity contribution >= 4 is 21.7 Å². The van der Waals surface area contributed by atoms with Crippen molar-refractivity contribution in [3.63, 3.8) is 0 Å². The first-order valence-electron chi connectivity index (χ1n) is 6.16. The molecule has 9 heteroatoms. The molecule has 0 aliphatic heterocycles. The highest BCUT2D eigenvalue weighted by atomic mass is 32.2. The van der Waals surface area contributed by atoms with Crippen LogP contribution in [0.25, 0.3) is 0 Å². The smallest absolute Gasteiger partial charge is 0.337 e. The number of carboxylic acids is 1. The molecule has 1 heterocycles. The van der Waals surface area contributed by atoms with E-state index < -0.39 is 16.0 Å². The van der Waals surface area contributed by atoms with Crippen LogP contribution in [0.3, 0.4) is 0 Å². The lowest BCUT2D eigenvalue weighted by Crippen LogP contribution is -2.16. The van der Waals surface area contributed by atoms with Gasteiger partial charge in [-0.05, 0) is 18.2 Å². The summed E-state index contributed by atoms with van der Waals surface area (Å²) in [6, 6.07) is 6.80. The summed E-state index contributed by atoms with van der Waals surface area (Å²) in [6.07, 6.45) is 2.27. The zero-order valence-corrected chi connectivity index (χ0v) is 12.7. The van der Waals surface area contributed by atoms with Crippen molar-refractivity contribution in [2.24, 2.45) is 0 Å². The fourth-order valence-electron chi connectivity index (χ4n) is 1.75. The Balaban J connectivity index is 2.48. The second-order valence-corrected chi connectivity index (χ2v) is 6.03. The predicted molar refractivity (Wildman–Crippen MR) is 79.7 cm³/mol. The third kappa shape index (κ3) is 3.56. The third-order valence-corrected chi connectivity index (χ3v) is 4.19. The minimum absolute atomic E-state index is 0.0666. The van der Waals surface area contributed by atoms with E-state index in [0.717, 1.165) is 12.3 Å².